The fourth-order valence-electron chi connectivity index (χ4n) is 3.14. The first-order valence-corrected chi connectivity index (χ1v) is 8.72. The van der Waals surface area contributed by atoms with Crippen LogP contribution in [0.3, 0.4) is 0 Å². The molecule has 1 saturated heterocycles. The van der Waals surface area contributed by atoms with E-state index in [4.69, 9.17) is 0 Å². The van der Waals surface area contributed by atoms with Crippen molar-refractivity contribution in [3.8, 4) is 0 Å². The van der Waals surface area contributed by atoms with E-state index in [9.17, 15) is 0 Å². The maximum absolute atomic E-state index is 4.52. The molecule has 0 spiro atoms. The average Bonchev–Trinajstić information content (AvgIpc) is 2.90. The summed E-state index contributed by atoms with van der Waals surface area (Å²) >= 11 is 0. The molecule has 1 aromatic heterocycles. The Morgan fingerprint density at radius 1 is 1.00 bits per heavy atom. The van der Waals surface area contributed by atoms with Crippen LogP contribution in [0.5, 0.6) is 0 Å². The number of nitrogens with zero attached hydrogens (tertiary/aromatic N) is 4. The largest absolute Gasteiger partial charge is 0.356 e. The third-order valence-corrected chi connectivity index (χ3v) is 4.49. The maximum atomic E-state index is 4.52. The summed E-state index contributed by atoms with van der Waals surface area (Å²) in [5, 5.41) is 0. The first-order chi connectivity index (χ1) is 11.4. The molecule has 0 N–H and O–H groups in total. The van der Waals surface area contributed by atoms with Gasteiger partial charge in [0.05, 0.1) is 0 Å². The minimum atomic E-state index is 0.883. The quantitative estimate of drug-likeness (QED) is 0.839. The number of hydrogen-bond donors (Lipinski definition) is 0. The fraction of sp³-hybridized carbons (Fsp3) is 0.474. The van der Waals surface area contributed by atoms with E-state index in [-0.39, 0.29) is 0 Å². The summed E-state index contributed by atoms with van der Waals surface area (Å²) in [5.74, 6) is 2.09. The summed E-state index contributed by atoms with van der Waals surface area (Å²) in [6.07, 6.45) is 6.91. The highest BCUT2D eigenvalue weighted by Gasteiger charge is 2.14. The lowest BCUT2D eigenvalue weighted by atomic mass is 10.2. The molecule has 0 bridgehead atoms. The molecule has 0 radical (unpaired) electrons. The van der Waals surface area contributed by atoms with Gasteiger partial charge < -0.3 is 9.80 Å². The van der Waals surface area contributed by atoms with Crippen LogP contribution in [0.2, 0.25) is 0 Å². The summed E-state index contributed by atoms with van der Waals surface area (Å²) in [4.78, 5) is 13.7. The molecule has 1 aliphatic rings. The monoisotopic (exact) mass is 310 g/mol. The number of aromatic nitrogens is 2. The van der Waals surface area contributed by atoms with E-state index in [1.54, 1.807) is 6.33 Å². The van der Waals surface area contributed by atoms with Crippen molar-refractivity contribution in [1.82, 2.24) is 9.97 Å². The van der Waals surface area contributed by atoms with Gasteiger partial charge in [-0.25, -0.2) is 9.97 Å². The summed E-state index contributed by atoms with van der Waals surface area (Å²) in [5.41, 5.74) is 1.31. The van der Waals surface area contributed by atoms with Crippen LogP contribution < -0.4 is 9.80 Å². The SMILES string of the molecule is CCN(Cc1ccccc1)c1cc(N2CCCCCC2)ncn1. The van der Waals surface area contributed by atoms with E-state index in [1.165, 1.54) is 31.2 Å². The predicted octanol–water partition coefficient (Wildman–Crippen LogP) is 3.88. The van der Waals surface area contributed by atoms with Gasteiger partial charge in [0.1, 0.15) is 18.0 Å². The van der Waals surface area contributed by atoms with Crippen molar-refractivity contribution < 1.29 is 0 Å². The second-order valence-corrected chi connectivity index (χ2v) is 6.14. The second kappa shape index (κ2) is 7.95. The lowest BCUT2D eigenvalue weighted by molar-refractivity contribution is 0.726. The molecule has 0 unspecified atom stereocenters. The highest BCUT2D eigenvalue weighted by Crippen LogP contribution is 2.22. The Morgan fingerprint density at radius 2 is 1.74 bits per heavy atom. The highest BCUT2D eigenvalue weighted by molar-refractivity contribution is 5.50. The smallest absolute Gasteiger partial charge is 0.134 e. The van der Waals surface area contributed by atoms with Gasteiger partial charge in [-0.2, -0.15) is 0 Å². The van der Waals surface area contributed by atoms with Gasteiger partial charge in [-0.05, 0) is 25.3 Å². The van der Waals surface area contributed by atoms with Crippen LogP contribution in [0.4, 0.5) is 11.6 Å². The molecule has 0 atom stereocenters. The fourth-order valence-corrected chi connectivity index (χ4v) is 3.14. The minimum Gasteiger partial charge on any atom is -0.356 e. The third kappa shape index (κ3) is 4.21. The van der Waals surface area contributed by atoms with Crippen LogP contribution in [0.25, 0.3) is 0 Å². The molecule has 0 saturated carbocycles. The summed E-state index contributed by atoms with van der Waals surface area (Å²) in [6, 6.07) is 12.7. The van der Waals surface area contributed by atoms with Gasteiger partial charge in [0.15, 0.2) is 0 Å². The van der Waals surface area contributed by atoms with E-state index in [2.05, 4.69) is 63.1 Å². The Morgan fingerprint density at radius 3 is 2.43 bits per heavy atom. The molecule has 0 amide bonds. The van der Waals surface area contributed by atoms with Crippen LogP contribution in [0, 0.1) is 0 Å². The van der Waals surface area contributed by atoms with E-state index < -0.39 is 0 Å². The van der Waals surface area contributed by atoms with Crippen LogP contribution in [0.1, 0.15) is 38.2 Å². The maximum Gasteiger partial charge on any atom is 0.134 e. The topological polar surface area (TPSA) is 32.3 Å². The van der Waals surface area contributed by atoms with Crippen LogP contribution in [-0.2, 0) is 6.54 Å². The average molecular weight is 310 g/mol. The summed E-state index contributed by atoms with van der Waals surface area (Å²) < 4.78 is 0. The van der Waals surface area contributed by atoms with Crippen LogP contribution >= 0.6 is 0 Å². The molecule has 23 heavy (non-hydrogen) atoms. The van der Waals surface area contributed by atoms with Gasteiger partial charge in [0.25, 0.3) is 0 Å². The van der Waals surface area contributed by atoms with Crippen molar-refractivity contribution in [2.75, 3.05) is 29.4 Å². The van der Waals surface area contributed by atoms with Crippen molar-refractivity contribution in [2.45, 2.75) is 39.2 Å². The number of anilines is 2. The van der Waals surface area contributed by atoms with Gasteiger partial charge >= 0.3 is 0 Å². The van der Waals surface area contributed by atoms with Gasteiger partial charge in [-0.3, -0.25) is 0 Å². The number of rotatable bonds is 5. The molecular formula is C19H26N4. The standard InChI is InChI=1S/C19H26N4/c1-2-22(15-17-10-6-5-7-11-17)18-14-19(21-16-20-18)23-12-8-3-4-9-13-23/h5-7,10-11,14,16H,2-4,8-9,12-13,15H2,1H3. The minimum absolute atomic E-state index is 0.883. The Balaban J connectivity index is 1.76. The van der Waals surface area contributed by atoms with Crippen molar-refractivity contribution in [3.05, 3.63) is 48.3 Å². The molecule has 1 aliphatic heterocycles. The molecule has 122 valence electrons. The Bertz CT molecular complexity index is 591. The van der Waals surface area contributed by atoms with Crippen LogP contribution in [0.15, 0.2) is 42.7 Å². The lowest BCUT2D eigenvalue weighted by Gasteiger charge is -2.25. The molecule has 0 aliphatic carbocycles. The normalized spacial score (nSPS) is 15.3. The third-order valence-electron chi connectivity index (χ3n) is 4.49. The Kier molecular flexibility index (Phi) is 5.46. The molecule has 1 aromatic carbocycles. The number of benzene rings is 1. The van der Waals surface area contributed by atoms with Gasteiger partial charge in [0.2, 0.25) is 0 Å². The van der Waals surface area contributed by atoms with Gasteiger partial charge in [-0.15, -0.1) is 0 Å². The predicted molar refractivity (Wildman–Crippen MR) is 95.9 cm³/mol. The Labute approximate surface area is 139 Å². The molecule has 2 aromatic rings. The lowest BCUT2D eigenvalue weighted by Crippen LogP contribution is -2.27. The molecule has 4 heteroatoms. The van der Waals surface area contributed by atoms with Crippen molar-refractivity contribution in [3.63, 3.8) is 0 Å². The second-order valence-electron chi connectivity index (χ2n) is 6.14. The van der Waals surface area contributed by atoms with E-state index in [0.717, 1.165) is 37.8 Å². The Hall–Kier alpha value is -2.10. The highest BCUT2D eigenvalue weighted by atomic mass is 15.2. The summed E-state index contributed by atoms with van der Waals surface area (Å²) in [7, 11) is 0. The van der Waals surface area contributed by atoms with Crippen molar-refractivity contribution in [2.24, 2.45) is 0 Å². The molecule has 1 fully saturated rings. The zero-order valence-corrected chi connectivity index (χ0v) is 14.0. The molecular weight excluding hydrogens is 284 g/mol. The van der Waals surface area contributed by atoms with E-state index in [1.807, 2.05) is 0 Å². The van der Waals surface area contributed by atoms with Crippen molar-refractivity contribution >= 4 is 11.6 Å². The van der Waals surface area contributed by atoms with Gasteiger partial charge in [0, 0.05) is 32.2 Å². The van der Waals surface area contributed by atoms with Crippen LogP contribution in [-0.4, -0.2) is 29.6 Å². The first-order valence-electron chi connectivity index (χ1n) is 8.72. The molecule has 3 rings (SSSR count). The number of hydrogen-bond acceptors (Lipinski definition) is 4. The molecule has 4 nitrogen and oxygen atoms in total. The van der Waals surface area contributed by atoms with E-state index in [0.29, 0.717) is 0 Å². The summed E-state index contributed by atoms with van der Waals surface area (Å²) in [6.45, 7) is 6.22. The van der Waals surface area contributed by atoms with Crippen molar-refractivity contribution in [1.29, 1.82) is 0 Å². The molecule has 2 heterocycles. The van der Waals surface area contributed by atoms with E-state index >= 15 is 0 Å². The zero-order chi connectivity index (χ0) is 15.9. The van der Waals surface area contributed by atoms with Gasteiger partial charge in [-0.1, -0.05) is 43.2 Å². The zero-order valence-electron chi connectivity index (χ0n) is 14.0. The first kappa shape index (κ1) is 15.8.